The first kappa shape index (κ1) is 21.8. The van der Waals surface area contributed by atoms with Crippen LogP contribution in [0.25, 0.3) is 17.5 Å². The largest absolute Gasteiger partial charge is 0.350 e. The number of nitrogens with one attached hydrogen (secondary N) is 1. The summed E-state index contributed by atoms with van der Waals surface area (Å²) in [4.78, 5) is 17.5. The number of nitrogens with zero attached hydrogens (tertiary/aromatic N) is 3. The molecule has 0 aliphatic carbocycles. The van der Waals surface area contributed by atoms with Crippen LogP contribution in [0.15, 0.2) is 78.9 Å². The van der Waals surface area contributed by atoms with E-state index in [1.165, 1.54) is 10.8 Å². The molecule has 1 N–H and O–H groups in total. The number of allylic oxidation sites excluding steroid dienone is 1. The number of hydrogen-bond donors (Lipinski definition) is 1. The highest BCUT2D eigenvalue weighted by atomic mass is 35.5. The van der Waals surface area contributed by atoms with Gasteiger partial charge in [-0.05, 0) is 42.3 Å². The van der Waals surface area contributed by atoms with E-state index in [0.29, 0.717) is 28.4 Å². The molecule has 0 atom stereocenters. The van der Waals surface area contributed by atoms with Gasteiger partial charge in [0, 0.05) is 28.2 Å². The molecule has 0 radical (unpaired) electrons. The summed E-state index contributed by atoms with van der Waals surface area (Å²) in [5.41, 5.74) is 3.70. The average Bonchev–Trinajstić information content (AvgIpc) is 3.23. The number of anilines is 1. The van der Waals surface area contributed by atoms with Gasteiger partial charge in [-0.15, -0.1) is 5.10 Å². The lowest BCUT2D eigenvalue weighted by atomic mass is 10.1. The van der Waals surface area contributed by atoms with E-state index in [9.17, 15) is 4.79 Å². The molecule has 0 aliphatic rings. The predicted octanol–water partition coefficient (Wildman–Crippen LogP) is 6.53. The monoisotopic (exact) mass is 462 g/mol. The van der Waals surface area contributed by atoms with Crippen LogP contribution in [0, 0.1) is 6.92 Å². The highest BCUT2D eigenvalue weighted by Crippen LogP contribution is 2.21. The molecule has 4 aromatic rings. The third-order valence-electron chi connectivity index (χ3n) is 4.81. The molecule has 0 amide bonds. The Balaban J connectivity index is 1.63. The molecule has 0 aliphatic heterocycles. The smallest absolute Gasteiger partial charge is 0.274 e. The summed E-state index contributed by atoms with van der Waals surface area (Å²) in [6, 6.07) is 22.6. The Morgan fingerprint density at radius 1 is 1.00 bits per heavy atom. The first-order chi connectivity index (χ1) is 15.5. The second kappa shape index (κ2) is 9.81. The van der Waals surface area contributed by atoms with E-state index < -0.39 is 0 Å². The van der Waals surface area contributed by atoms with Crippen molar-refractivity contribution in [3.63, 3.8) is 0 Å². The molecule has 1 aromatic heterocycles. The Bertz CT molecular complexity index is 1260. The highest BCUT2D eigenvalue weighted by molar-refractivity contribution is 6.31. The van der Waals surface area contributed by atoms with E-state index in [1.807, 2.05) is 67.6 Å². The van der Waals surface area contributed by atoms with Crippen LogP contribution in [0.5, 0.6) is 0 Å². The fourth-order valence-corrected chi connectivity index (χ4v) is 3.36. The van der Waals surface area contributed by atoms with Crippen LogP contribution >= 0.6 is 23.2 Å². The number of rotatable bonds is 6. The molecule has 0 spiro atoms. The maximum atomic E-state index is 13.0. The Morgan fingerprint density at radius 3 is 2.44 bits per heavy atom. The molecule has 160 valence electrons. The third kappa shape index (κ3) is 5.25. The van der Waals surface area contributed by atoms with Crippen LogP contribution in [0.3, 0.4) is 0 Å². The number of aryl methyl sites for hydroxylation is 1. The Morgan fingerprint density at radius 2 is 1.72 bits per heavy atom. The van der Waals surface area contributed by atoms with Crippen molar-refractivity contribution >= 4 is 41.1 Å². The lowest BCUT2D eigenvalue weighted by Crippen LogP contribution is -2.14. The van der Waals surface area contributed by atoms with Gasteiger partial charge >= 0.3 is 0 Å². The zero-order valence-corrected chi connectivity index (χ0v) is 18.8. The Hall–Kier alpha value is -3.41. The van der Waals surface area contributed by atoms with Crippen LogP contribution in [0.2, 0.25) is 10.0 Å². The van der Waals surface area contributed by atoms with Gasteiger partial charge < -0.3 is 5.32 Å². The Kier molecular flexibility index (Phi) is 6.69. The molecule has 4 rings (SSSR count). The van der Waals surface area contributed by atoms with Gasteiger partial charge in [0.05, 0.1) is 0 Å². The Labute approximate surface area is 196 Å². The molecule has 0 unspecified atom stereocenters. The number of halogens is 2. The molecule has 0 saturated carbocycles. The average molecular weight is 463 g/mol. The van der Waals surface area contributed by atoms with E-state index in [2.05, 4.69) is 15.4 Å². The number of hydrogen-bond acceptors (Lipinski definition) is 4. The van der Waals surface area contributed by atoms with Crippen LogP contribution in [-0.4, -0.2) is 20.7 Å². The number of carbonyl (C=O) groups excluding carboxylic acids is 1. The van der Waals surface area contributed by atoms with Crippen molar-refractivity contribution in [2.75, 3.05) is 5.32 Å². The van der Waals surface area contributed by atoms with Crippen molar-refractivity contribution in [2.45, 2.75) is 13.5 Å². The fraction of sp³-hybridized carbons (Fsp3) is 0.0800. The van der Waals surface area contributed by atoms with E-state index in [1.54, 1.807) is 18.2 Å². The summed E-state index contributed by atoms with van der Waals surface area (Å²) in [6.07, 6.45) is 3.17. The quantitative estimate of drug-likeness (QED) is 0.331. The maximum absolute atomic E-state index is 13.0. The van der Waals surface area contributed by atoms with Crippen LogP contribution in [0.1, 0.15) is 21.5 Å². The number of benzene rings is 3. The second-order valence-electron chi connectivity index (χ2n) is 7.20. The second-order valence-corrected chi connectivity index (χ2v) is 8.05. The van der Waals surface area contributed by atoms with Gasteiger partial charge in [-0.2, -0.15) is 9.67 Å². The van der Waals surface area contributed by atoms with E-state index >= 15 is 0 Å². The van der Waals surface area contributed by atoms with Crippen molar-refractivity contribution < 1.29 is 4.79 Å². The first-order valence-electron chi connectivity index (χ1n) is 9.99. The van der Waals surface area contributed by atoms with Crippen molar-refractivity contribution in [1.29, 1.82) is 0 Å². The summed E-state index contributed by atoms with van der Waals surface area (Å²) in [5, 5.41) is 8.93. The minimum Gasteiger partial charge on any atom is -0.350 e. The summed E-state index contributed by atoms with van der Waals surface area (Å²) in [6.45, 7) is 2.41. The van der Waals surface area contributed by atoms with Crippen molar-refractivity contribution in [2.24, 2.45) is 0 Å². The van der Waals surface area contributed by atoms with Gasteiger partial charge in [0.15, 0.2) is 5.82 Å². The molecule has 0 bridgehead atoms. The molecule has 3 aromatic carbocycles. The molecular weight excluding hydrogens is 443 g/mol. The van der Waals surface area contributed by atoms with E-state index in [0.717, 1.165) is 22.3 Å². The first-order valence-corrected chi connectivity index (χ1v) is 10.7. The van der Waals surface area contributed by atoms with Crippen molar-refractivity contribution in [1.82, 2.24) is 14.8 Å². The summed E-state index contributed by atoms with van der Waals surface area (Å²) in [7, 11) is 0. The van der Waals surface area contributed by atoms with Gasteiger partial charge in [0.25, 0.3) is 5.91 Å². The summed E-state index contributed by atoms with van der Waals surface area (Å²) >= 11 is 12.2. The molecular formula is C25H20Cl2N4O. The zero-order valence-electron chi connectivity index (χ0n) is 17.3. The van der Waals surface area contributed by atoms with Gasteiger partial charge in [-0.25, -0.2) is 0 Å². The normalized spacial score (nSPS) is 11.1. The molecule has 0 fully saturated rings. The van der Waals surface area contributed by atoms with Crippen LogP contribution in [0.4, 0.5) is 5.95 Å². The van der Waals surface area contributed by atoms with Crippen LogP contribution in [-0.2, 0) is 6.54 Å². The maximum Gasteiger partial charge on any atom is 0.274 e. The minimum absolute atomic E-state index is 0.326. The molecule has 0 saturated heterocycles. The third-order valence-corrected chi connectivity index (χ3v) is 5.43. The van der Waals surface area contributed by atoms with Crippen LogP contribution < -0.4 is 5.32 Å². The van der Waals surface area contributed by atoms with E-state index in [-0.39, 0.29) is 5.91 Å². The van der Waals surface area contributed by atoms with Gasteiger partial charge in [0.2, 0.25) is 5.95 Å². The summed E-state index contributed by atoms with van der Waals surface area (Å²) in [5.74, 6) is 0.471. The fourth-order valence-electron chi connectivity index (χ4n) is 3.03. The highest BCUT2D eigenvalue weighted by Gasteiger charge is 2.16. The lowest BCUT2D eigenvalue weighted by Gasteiger charge is -2.07. The number of aromatic nitrogens is 3. The van der Waals surface area contributed by atoms with Gasteiger partial charge in [0.1, 0.15) is 0 Å². The topological polar surface area (TPSA) is 59.8 Å². The van der Waals surface area contributed by atoms with Gasteiger partial charge in [-0.1, -0.05) is 83.4 Å². The minimum atomic E-state index is -0.326. The van der Waals surface area contributed by atoms with Crippen molar-refractivity contribution in [3.8, 4) is 11.4 Å². The predicted molar refractivity (Wildman–Crippen MR) is 130 cm³/mol. The standard InChI is InChI=1S/C25H20Cl2N4O/c1-17-6-11-19(12-7-17)24-29-25(28-16-20-4-2-3-5-22(20)27)31(30-24)23(32)15-10-18-8-13-21(26)14-9-18/h2-15H,16H2,1H3,(H,28,29,30). The number of carbonyl (C=O) groups is 1. The van der Waals surface area contributed by atoms with E-state index in [4.69, 9.17) is 23.2 Å². The zero-order chi connectivity index (χ0) is 22.5. The molecule has 32 heavy (non-hydrogen) atoms. The summed E-state index contributed by atoms with van der Waals surface area (Å²) < 4.78 is 1.26. The molecule has 7 heteroatoms. The lowest BCUT2D eigenvalue weighted by molar-refractivity contribution is 0.0957. The molecule has 5 nitrogen and oxygen atoms in total. The molecule has 1 heterocycles. The van der Waals surface area contributed by atoms with Crippen molar-refractivity contribution in [3.05, 3.63) is 106 Å². The SMILES string of the molecule is Cc1ccc(-c2nc(NCc3ccccc3Cl)n(C(=O)C=Cc3ccc(Cl)cc3)n2)cc1. The van der Waals surface area contributed by atoms with Gasteiger partial charge in [-0.3, -0.25) is 4.79 Å².